The highest BCUT2D eigenvalue weighted by molar-refractivity contribution is 5.14. The second-order valence-electron chi connectivity index (χ2n) is 5.40. The van der Waals surface area contributed by atoms with Gasteiger partial charge in [0.15, 0.2) is 0 Å². The third-order valence-corrected chi connectivity index (χ3v) is 4.28. The van der Waals surface area contributed by atoms with Gasteiger partial charge in [-0.2, -0.15) is 0 Å². The van der Waals surface area contributed by atoms with Crippen molar-refractivity contribution in [2.45, 2.75) is 45.2 Å². The standard InChI is InChI=1S/C16H26N2/c1-2-18(13-14-8-4-3-5-9-14)16-11-7-6-10-15(16)12-17/h3-5,8-9,15-16H,2,6-7,10-13,17H2,1H3. The average molecular weight is 246 g/mol. The van der Waals surface area contributed by atoms with E-state index in [-0.39, 0.29) is 0 Å². The molecule has 2 rings (SSSR count). The number of rotatable bonds is 5. The fourth-order valence-corrected chi connectivity index (χ4v) is 3.23. The topological polar surface area (TPSA) is 29.3 Å². The van der Waals surface area contributed by atoms with Gasteiger partial charge in [-0.25, -0.2) is 0 Å². The lowest BCUT2D eigenvalue weighted by atomic mass is 9.83. The molecule has 2 unspecified atom stereocenters. The zero-order valence-electron chi connectivity index (χ0n) is 11.5. The van der Waals surface area contributed by atoms with Gasteiger partial charge in [-0.1, -0.05) is 50.1 Å². The molecule has 18 heavy (non-hydrogen) atoms. The maximum absolute atomic E-state index is 5.95. The lowest BCUT2D eigenvalue weighted by Crippen LogP contribution is -2.44. The molecule has 0 aliphatic heterocycles. The number of hydrogen-bond acceptors (Lipinski definition) is 2. The molecule has 1 fully saturated rings. The summed E-state index contributed by atoms with van der Waals surface area (Å²) in [6, 6.07) is 11.5. The van der Waals surface area contributed by atoms with E-state index in [0.717, 1.165) is 19.6 Å². The van der Waals surface area contributed by atoms with Crippen molar-refractivity contribution in [3.8, 4) is 0 Å². The monoisotopic (exact) mass is 246 g/mol. The van der Waals surface area contributed by atoms with Crippen molar-refractivity contribution in [2.24, 2.45) is 11.7 Å². The molecule has 0 aromatic heterocycles. The summed E-state index contributed by atoms with van der Waals surface area (Å²) >= 11 is 0. The Bertz CT molecular complexity index is 336. The van der Waals surface area contributed by atoms with Gasteiger partial charge in [0, 0.05) is 12.6 Å². The smallest absolute Gasteiger partial charge is 0.0236 e. The lowest BCUT2D eigenvalue weighted by Gasteiger charge is -2.39. The minimum atomic E-state index is 0.689. The first-order valence-corrected chi connectivity index (χ1v) is 7.33. The molecule has 0 spiro atoms. The normalized spacial score (nSPS) is 24.4. The summed E-state index contributed by atoms with van der Waals surface area (Å²) in [5.41, 5.74) is 7.37. The van der Waals surface area contributed by atoms with Crippen molar-refractivity contribution < 1.29 is 0 Å². The van der Waals surface area contributed by atoms with Crippen LogP contribution in [0, 0.1) is 5.92 Å². The van der Waals surface area contributed by atoms with Crippen LogP contribution >= 0.6 is 0 Å². The minimum absolute atomic E-state index is 0.689. The van der Waals surface area contributed by atoms with Gasteiger partial charge in [0.1, 0.15) is 0 Å². The van der Waals surface area contributed by atoms with Gasteiger partial charge in [0.25, 0.3) is 0 Å². The second kappa shape index (κ2) is 6.91. The SMILES string of the molecule is CCN(Cc1ccccc1)C1CCCCC1CN. The molecule has 0 heterocycles. The third-order valence-electron chi connectivity index (χ3n) is 4.28. The Morgan fingerprint density at radius 2 is 1.89 bits per heavy atom. The van der Waals surface area contributed by atoms with E-state index in [2.05, 4.69) is 42.2 Å². The van der Waals surface area contributed by atoms with Crippen molar-refractivity contribution in [2.75, 3.05) is 13.1 Å². The molecule has 1 aromatic rings. The molecule has 0 radical (unpaired) electrons. The van der Waals surface area contributed by atoms with E-state index in [9.17, 15) is 0 Å². The third kappa shape index (κ3) is 3.33. The molecule has 1 saturated carbocycles. The quantitative estimate of drug-likeness (QED) is 0.865. The van der Waals surface area contributed by atoms with Crippen molar-refractivity contribution in [3.05, 3.63) is 35.9 Å². The highest BCUT2D eigenvalue weighted by atomic mass is 15.2. The van der Waals surface area contributed by atoms with Gasteiger partial charge in [-0.05, 0) is 37.4 Å². The Balaban J connectivity index is 2.03. The summed E-state index contributed by atoms with van der Waals surface area (Å²) in [6.07, 6.45) is 5.36. The van der Waals surface area contributed by atoms with Crippen LogP contribution in [0.5, 0.6) is 0 Å². The highest BCUT2D eigenvalue weighted by Gasteiger charge is 2.28. The Kier molecular flexibility index (Phi) is 5.21. The van der Waals surface area contributed by atoms with Crippen molar-refractivity contribution in [1.82, 2.24) is 4.90 Å². The molecular formula is C16H26N2. The highest BCUT2D eigenvalue weighted by Crippen LogP contribution is 2.28. The number of nitrogens with two attached hydrogens (primary N) is 1. The molecule has 0 amide bonds. The molecule has 0 saturated heterocycles. The van der Waals surface area contributed by atoms with Crippen molar-refractivity contribution >= 4 is 0 Å². The maximum atomic E-state index is 5.95. The summed E-state index contributed by atoms with van der Waals surface area (Å²) in [6.45, 7) is 5.30. The van der Waals surface area contributed by atoms with Crippen LogP contribution < -0.4 is 5.73 Å². The molecule has 1 aliphatic carbocycles. The molecule has 100 valence electrons. The number of benzene rings is 1. The van der Waals surface area contributed by atoms with Crippen LogP contribution in [0.15, 0.2) is 30.3 Å². The van der Waals surface area contributed by atoms with Gasteiger partial charge in [0.2, 0.25) is 0 Å². The van der Waals surface area contributed by atoms with Gasteiger partial charge < -0.3 is 5.73 Å². The minimum Gasteiger partial charge on any atom is -0.330 e. The van der Waals surface area contributed by atoms with Crippen LogP contribution in [0.4, 0.5) is 0 Å². The Morgan fingerprint density at radius 1 is 1.17 bits per heavy atom. The van der Waals surface area contributed by atoms with Crippen molar-refractivity contribution in [3.63, 3.8) is 0 Å². The number of nitrogens with zero attached hydrogens (tertiary/aromatic N) is 1. The van der Waals surface area contributed by atoms with E-state index in [1.54, 1.807) is 0 Å². The summed E-state index contributed by atoms with van der Waals surface area (Å²) in [7, 11) is 0. The zero-order chi connectivity index (χ0) is 12.8. The average Bonchev–Trinajstić information content (AvgIpc) is 2.46. The van der Waals surface area contributed by atoms with E-state index in [1.807, 2.05) is 0 Å². The van der Waals surface area contributed by atoms with Crippen LogP contribution in [0.3, 0.4) is 0 Å². The van der Waals surface area contributed by atoms with Gasteiger partial charge in [-0.15, -0.1) is 0 Å². The van der Waals surface area contributed by atoms with Gasteiger partial charge >= 0.3 is 0 Å². The van der Waals surface area contributed by atoms with E-state index in [4.69, 9.17) is 5.73 Å². The molecule has 0 bridgehead atoms. The van der Waals surface area contributed by atoms with Crippen LogP contribution in [0.25, 0.3) is 0 Å². The summed E-state index contributed by atoms with van der Waals surface area (Å²) in [4.78, 5) is 2.62. The van der Waals surface area contributed by atoms with Crippen LogP contribution in [-0.4, -0.2) is 24.0 Å². The van der Waals surface area contributed by atoms with E-state index >= 15 is 0 Å². The summed E-state index contributed by atoms with van der Waals surface area (Å²) in [5, 5.41) is 0. The fraction of sp³-hybridized carbons (Fsp3) is 0.625. The predicted molar refractivity (Wildman–Crippen MR) is 77.3 cm³/mol. The van der Waals surface area contributed by atoms with Crippen LogP contribution in [0.1, 0.15) is 38.2 Å². The van der Waals surface area contributed by atoms with Crippen LogP contribution in [-0.2, 0) is 6.54 Å². The molecule has 2 N–H and O–H groups in total. The first kappa shape index (κ1) is 13.6. The molecule has 1 aliphatic rings. The predicted octanol–water partition coefficient (Wildman–Crippen LogP) is 3.03. The number of hydrogen-bond donors (Lipinski definition) is 1. The van der Waals surface area contributed by atoms with Crippen LogP contribution in [0.2, 0.25) is 0 Å². The maximum Gasteiger partial charge on any atom is 0.0236 e. The largest absolute Gasteiger partial charge is 0.330 e. The Labute approximate surface area is 111 Å². The Hall–Kier alpha value is -0.860. The zero-order valence-corrected chi connectivity index (χ0v) is 11.5. The summed E-state index contributed by atoms with van der Waals surface area (Å²) in [5.74, 6) is 0.697. The second-order valence-corrected chi connectivity index (χ2v) is 5.40. The molecule has 1 aromatic carbocycles. The van der Waals surface area contributed by atoms with Gasteiger partial charge in [0.05, 0.1) is 0 Å². The van der Waals surface area contributed by atoms with Crippen molar-refractivity contribution in [1.29, 1.82) is 0 Å². The van der Waals surface area contributed by atoms with E-state index in [0.29, 0.717) is 12.0 Å². The Morgan fingerprint density at radius 3 is 2.56 bits per heavy atom. The first-order valence-electron chi connectivity index (χ1n) is 7.33. The molecular weight excluding hydrogens is 220 g/mol. The molecule has 2 atom stereocenters. The first-order chi connectivity index (χ1) is 8.85. The fourth-order valence-electron chi connectivity index (χ4n) is 3.23. The van der Waals surface area contributed by atoms with Gasteiger partial charge in [-0.3, -0.25) is 4.90 Å². The summed E-state index contributed by atoms with van der Waals surface area (Å²) < 4.78 is 0. The molecule has 2 heteroatoms. The lowest BCUT2D eigenvalue weighted by molar-refractivity contribution is 0.105. The van der Waals surface area contributed by atoms with E-state index in [1.165, 1.54) is 31.2 Å². The molecule has 2 nitrogen and oxygen atoms in total. The van der Waals surface area contributed by atoms with E-state index < -0.39 is 0 Å².